The minimum Gasteiger partial charge on any atom is -0.284 e. The number of amides is 1. The van der Waals surface area contributed by atoms with Gasteiger partial charge in [0.15, 0.2) is 0 Å². The molecule has 1 amide bonds. The molecule has 3 nitrogen and oxygen atoms in total. The standard InChI is InChI=1S/C14H18N2O/c1-2-12-8-10-16(11-9-12)15-14(17)13-6-4-3-5-7-13/h3-8H,2,9-11H2,1H3,(H,15,17). The largest absolute Gasteiger partial charge is 0.284 e. The van der Waals surface area contributed by atoms with Crippen molar-refractivity contribution in [3.05, 3.63) is 47.5 Å². The molecule has 0 unspecified atom stereocenters. The first-order valence-corrected chi connectivity index (χ1v) is 6.08. The summed E-state index contributed by atoms with van der Waals surface area (Å²) in [6.07, 6.45) is 4.36. The van der Waals surface area contributed by atoms with Crippen LogP contribution in [-0.4, -0.2) is 24.0 Å². The van der Waals surface area contributed by atoms with Gasteiger partial charge in [-0.2, -0.15) is 0 Å². The third-order valence-corrected chi connectivity index (χ3v) is 3.05. The number of benzene rings is 1. The Hall–Kier alpha value is -1.61. The van der Waals surface area contributed by atoms with Crippen LogP contribution >= 0.6 is 0 Å². The maximum absolute atomic E-state index is 11.9. The van der Waals surface area contributed by atoms with Gasteiger partial charge in [0.25, 0.3) is 5.91 Å². The molecule has 0 aliphatic carbocycles. The molecule has 17 heavy (non-hydrogen) atoms. The molecule has 2 rings (SSSR count). The van der Waals surface area contributed by atoms with Crippen LogP contribution in [0.3, 0.4) is 0 Å². The van der Waals surface area contributed by atoms with Gasteiger partial charge in [-0.3, -0.25) is 10.2 Å². The third-order valence-electron chi connectivity index (χ3n) is 3.05. The molecule has 0 spiro atoms. The highest BCUT2D eigenvalue weighted by atomic mass is 16.2. The van der Waals surface area contributed by atoms with Crippen molar-refractivity contribution in [3.63, 3.8) is 0 Å². The number of carbonyl (C=O) groups excluding carboxylic acids is 1. The Bertz CT molecular complexity index is 411. The van der Waals surface area contributed by atoms with Gasteiger partial charge in [-0.25, -0.2) is 5.01 Å². The topological polar surface area (TPSA) is 32.3 Å². The highest BCUT2D eigenvalue weighted by molar-refractivity contribution is 5.93. The molecule has 0 saturated carbocycles. The average molecular weight is 230 g/mol. The number of hydrogen-bond acceptors (Lipinski definition) is 2. The van der Waals surface area contributed by atoms with Gasteiger partial charge >= 0.3 is 0 Å². The van der Waals surface area contributed by atoms with Gasteiger partial charge in [-0.15, -0.1) is 0 Å². The molecule has 0 aromatic heterocycles. The molecule has 0 saturated heterocycles. The number of hydrazine groups is 1. The van der Waals surface area contributed by atoms with E-state index < -0.39 is 0 Å². The van der Waals surface area contributed by atoms with E-state index in [2.05, 4.69) is 18.4 Å². The van der Waals surface area contributed by atoms with Crippen LogP contribution in [0.2, 0.25) is 0 Å². The Morgan fingerprint density at radius 1 is 1.35 bits per heavy atom. The van der Waals surface area contributed by atoms with E-state index in [-0.39, 0.29) is 5.91 Å². The summed E-state index contributed by atoms with van der Waals surface area (Å²) in [5.74, 6) is -0.0288. The highest BCUT2D eigenvalue weighted by Gasteiger charge is 2.13. The SMILES string of the molecule is CCC1=CCN(NC(=O)c2ccccc2)CC1. The zero-order chi connectivity index (χ0) is 12.1. The second kappa shape index (κ2) is 5.64. The smallest absolute Gasteiger partial charge is 0.265 e. The molecule has 0 radical (unpaired) electrons. The van der Waals surface area contributed by atoms with E-state index in [1.54, 1.807) is 0 Å². The van der Waals surface area contributed by atoms with Crippen LogP contribution in [0.15, 0.2) is 42.0 Å². The first-order valence-electron chi connectivity index (χ1n) is 6.08. The predicted octanol–water partition coefficient (Wildman–Crippen LogP) is 2.37. The van der Waals surface area contributed by atoms with Crippen LogP contribution in [0.25, 0.3) is 0 Å². The maximum atomic E-state index is 11.9. The lowest BCUT2D eigenvalue weighted by Gasteiger charge is -2.26. The van der Waals surface area contributed by atoms with Gasteiger partial charge in [0.2, 0.25) is 0 Å². The Kier molecular flexibility index (Phi) is 3.94. The van der Waals surface area contributed by atoms with E-state index in [9.17, 15) is 4.79 Å². The molecule has 1 aliphatic rings. The molecule has 1 aromatic carbocycles. The van der Waals surface area contributed by atoms with Crippen molar-refractivity contribution in [3.8, 4) is 0 Å². The molecule has 0 fully saturated rings. The summed E-state index contributed by atoms with van der Waals surface area (Å²) in [5, 5.41) is 1.97. The van der Waals surface area contributed by atoms with Crippen molar-refractivity contribution in [2.75, 3.05) is 13.1 Å². The second-order valence-corrected chi connectivity index (χ2v) is 4.22. The molecular weight excluding hydrogens is 212 g/mol. The summed E-state index contributed by atoms with van der Waals surface area (Å²) in [4.78, 5) is 11.9. The molecule has 0 bridgehead atoms. The Labute approximate surface area is 102 Å². The minimum atomic E-state index is -0.0288. The first kappa shape index (κ1) is 11.9. The number of carbonyl (C=O) groups is 1. The highest BCUT2D eigenvalue weighted by Crippen LogP contribution is 2.12. The van der Waals surface area contributed by atoms with Crippen molar-refractivity contribution in [2.24, 2.45) is 0 Å². The van der Waals surface area contributed by atoms with E-state index in [1.807, 2.05) is 35.3 Å². The van der Waals surface area contributed by atoms with Gasteiger partial charge in [0, 0.05) is 18.7 Å². The van der Waals surface area contributed by atoms with E-state index in [1.165, 1.54) is 5.57 Å². The summed E-state index contributed by atoms with van der Waals surface area (Å²) in [6.45, 7) is 3.88. The van der Waals surface area contributed by atoms with E-state index in [4.69, 9.17) is 0 Å². The van der Waals surface area contributed by atoms with Gasteiger partial charge in [-0.1, -0.05) is 36.8 Å². The Balaban J connectivity index is 1.91. The molecule has 0 atom stereocenters. The van der Waals surface area contributed by atoms with Crippen molar-refractivity contribution >= 4 is 5.91 Å². The molecule has 90 valence electrons. The second-order valence-electron chi connectivity index (χ2n) is 4.22. The van der Waals surface area contributed by atoms with Crippen LogP contribution < -0.4 is 5.43 Å². The summed E-state index contributed by atoms with van der Waals surface area (Å²) < 4.78 is 0. The van der Waals surface area contributed by atoms with Gasteiger partial charge in [-0.05, 0) is 25.0 Å². The maximum Gasteiger partial charge on any atom is 0.265 e. The molecule has 1 N–H and O–H groups in total. The van der Waals surface area contributed by atoms with Crippen LogP contribution in [0.4, 0.5) is 0 Å². The first-order chi connectivity index (χ1) is 8.29. The molecule has 1 aliphatic heterocycles. The monoisotopic (exact) mass is 230 g/mol. The fourth-order valence-corrected chi connectivity index (χ4v) is 1.93. The molecular formula is C14H18N2O. The van der Waals surface area contributed by atoms with Crippen LogP contribution in [-0.2, 0) is 0 Å². The van der Waals surface area contributed by atoms with Crippen LogP contribution in [0, 0.1) is 0 Å². The van der Waals surface area contributed by atoms with Crippen LogP contribution in [0.1, 0.15) is 30.1 Å². The van der Waals surface area contributed by atoms with E-state index >= 15 is 0 Å². The summed E-state index contributed by atoms with van der Waals surface area (Å²) in [7, 11) is 0. The minimum absolute atomic E-state index is 0.0288. The number of nitrogens with one attached hydrogen (secondary N) is 1. The lowest BCUT2D eigenvalue weighted by Crippen LogP contribution is -2.44. The number of nitrogens with zero attached hydrogens (tertiary/aromatic N) is 1. The molecule has 3 heteroatoms. The lowest BCUT2D eigenvalue weighted by molar-refractivity contribution is 0.0801. The summed E-state index contributed by atoms with van der Waals surface area (Å²) in [6, 6.07) is 9.31. The van der Waals surface area contributed by atoms with Gasteiger partial charge in [0.05, 0.1) is 0 Å². The van der Waals surface area contributed by atoms with Crippen molar-refractivity contribution in [1.29, 1.82) is 0 Å². The fraction of sp³-hybridized carbons (Fsp3) is 0.357. The van der Waals surface area contributed by atoms with Crippen molar-refractivity contribution < 1.29 is 4.79 Å². The van der Waals surface area contributed by atoms with Crippen LogP contribution in [0.5, 0.6) is 0 Å². The zero-order valence-electron chi connectivity index (χ0n) is 10.1. The third kappa shape index (κ3) is 3.17. The van der Waals surface area contributed by atoms with Crippen molar-refractivity contribution in [1.82, 2.24) is 10.4 Å². The number of rotatable bonds is 3. The summed E-state index contributed by atoms with van der Waals surface area (Å²) >= 11 is 0. The fourth-order valence-electron chi connectivity index (χ4n) is 1.93. The Morgan fingerprint density at radius 3 is 2.71 bits per heavy atom. The zero-order valence-corrected chi connectivity index (χ0v) is 10.1. The van der Waals surface area contributed by atoms with Gasteiger partial charge < -0.3 is 0 Å². The van der Waals surface area contributed by atoms with Crippen molar-refractivity contribution in [2.45, 2.75) is 19.8 Å². The Morgan fingerprint density at radius 2 is 2.12 bits per heavy atom. The average Bonchev–Trinajstić information content (AvgIpc) is 2.40. The predicted molar refractivity (Wildman–Crippen MR) is 68.5 cm³/mol. The molecule has 1 heterocycles. The lowest BCUT2D eigenvalue weighted by atomic mass is 10.1. The van der Waals surface area contributed by atoms with Gasteiger partial charge in [0.1, 0.15) is 0 Å². The normalized spacial score (nSPS) is 16.4. The quantitative estimate of drug-likeness (QED) is 0.808. The number of hydrogen-bond donors (Lipinski definition) is 1. The summed E-state index contributed by atoms with van der Waals surface area (Å²) in [5.41, 5.74) is 5.12. The van der Waals surface area contributed by atoms with E-state index in [0.717, 1.165) is 25.9 Å². The molecule has 1 aromatic rings. The van der Waals surface area contributed by atoms with E-state index in [0.29, 0.717) is 5.56 Å².